The first-order valence-electron chi connectivity index (χ1n) is 7.84. The summed E-state index contributed by atoms with van der Waals surface area (Å²) in [6, 6.07) is 6.88. The molecule has 0 saturated heterocycles. The van der Waals surface area contributed by atoms with Gasteiger partial charge in [0.15, 0.2) is 0 Å². The van der Waals surface area contributed by atoms with E-state index in [9.17, 15) is 0 Å². The van der Waals surface area contributed by atoms with Gasteiger partial charge in [0.2, 0.25) is 0 Å². The Kier molecular flexibility index (Phi) is 5.74. The molecule has 0 radical (unpaired) electrons. The third-order valence-electron chi connectivity index (χ3n) is 4.52. The zero-order valence-corrected chi connectivity index (χ0v) is 13.7. The second kappa shape index (κ2) is 7.33. The van der Waals surface area contributed by atoms with Crippen LogP contribution >= 0.6 is 11.6 Å². The van der Waals surface area contributed by atoms with Crippen LogP contribution in [0.5, 0.6) is 0 Å². The molecular weight excluding hydrogens is 268 g/mol. The number of hydrogen-bond acceptors (Lipinski definition) is 2. The number of anilines is 1. The molecule has 3 heteroatoms. The van der Waals surface area contributed by atoms with Gasteiger partial charge in [0.25, 0.3) is 0 Å². The molecule has 0 aliphatic heterocycles. The first-order chi connectivity index (χ1) is 9.63. The number of halogens is 1. The van der Waals surface area contributed by atoms with Crippen molar-refractivity contribution in [1.29, 1.82) is 0 Å². The maximum atomic E-state index is 6.48. The molecule has 0 unspecified atom stereocenters. The lowest BCUT2D eigenvalue weighted by Gasteiger charge is -2.36. The van der Waals surface area contributed by atoms with Crippen molar-refractivity contribution in [3.8, 4) is 0 Å². The maximum Gasteiger partial charge on any atom is 0.0642 e. The molecule has 1 aromatic carbocycles. The summed E-state index contributed by atoms with van der Waals surface area (Å²) < 4.78 is 0. The summed E-state index contributed by atoms with van der Waals surface area (Å²) in [4.78, 5) is 2.42. The van der Waals surface area contributed by atoms with Gasteiger partial charge >= 0.3 is 0 Å². The Morgan fingerprint density at radius 1 is 1.25 bits per heavy atom. The number of nitrogens with one attached hydrogen (secondary N) is 1. The molecule has 0 heterocycles. The van der Waals surface area contributed by atoms with Crippen LogP contribution in [0.25, 0.3) is 0 Å². The quantitative estimate of drug-likeness (QED) is 0.862. The highest BCUT2D eigenvalue weighted by molar-refractivity contribution is 6.33. The van der Waals surface area contributed by atoms with Gasteiger partial charge in [0, 0.05) is 19.6 Å². The van der Waals surface area contributed by atoms with Crippen LogP contribution in [0.3, 0.4) is 0 Å². The summed E-state index contributed by atoms with van der Waals surface area (Å²) in [6.07, 6.45) is 5.23. The summed E-state index contributed by atoms with van der Waals surface area (Å²) in [5.41, 5.74) is 2.52. The summed E-state index contributed by atoms with van der Waals surface area (Å²) >= 11 is 6.48. The number of rotatable bonds is 5. The Bertz CT molecular complexity index is 425. The van der Waals surface area contributed by atoms with Crippen molar-refractivity contribution in [2.24, 2.45) is 5.92 Å². The molecular formula is C17H27ClN2. The van der Waals surface area contributed by atoms with Crippen LogP contribution in [0.2, 0.25) is 5.02 Å². The lowest BCUT2D eigenvalue weighted by molar-refractivity contribution is 0.340. The van der Waals surface area contributed by atoms with Crippen LogP contribution in [0.4, 0.5) is 5.69 Å². The fourth-order valence-corrected chi connectivity index (χ4v) is 3.50. The van der Waals surface area contributed by atoms with E-state index in [1.54, 1.807) is 0 Å². The highest BCUT2D eigenvalue weighted by Crippen LogP contribution is 2.35. The summed E-state index contributed by atoms with van der Waals surface area (Å²) in [5, 5.41) is 4.29. The maximum absolute atomic E-state index is 6.48. The predicted octanol–water partition coefficient (Wildman–Crippen LogP) is 4.46. The van der Waals surface area contributed by atoms with Crippen molar-refractivity contribution in [3.63, 3.8) is 0 Å². The predicted molar refractivity (Wildman–Crippen MR) is 88.7 cm³/mol. The van der Waals surface area contributed by atoms with E-state index < -0.39 is 0 Å². The zero-order valence-electron chi connectivity index (χ0n) is 13.0. The average Bonchev–Trinajstić information content (AvgIpc) is 2.45. The van der Waals surface area contributed by atoms with Gasteiger partial charge in [-0.05, 0) is 49.8 Å². The zero-order chi connectivity index (χ0) is 14.5. The largest absolute Gasteiger partial charge is 0.370 e. The van der Waals surface area contributed by atoms with Crippen LogP contribution < -0.4 is 10.2 Å². The van der Waals surface area contributed by atoms with Gasteiger partial charge in [-0.25, -0.2) is 0 Å². The Balaban J connectivity index is 2.17. The molecule has 112 valence electrons. The molecule has 1 N–H and O–H groups in total. The molecule has 1 saturated carbocycles. The fourth-order valence-electron chi connectivity index (χ4n) is 3.17. The van der Waals surface area contributed by atoms with Gasteiger partial charge in [-0.1, -0.05) is 37.6 Å². The van der Waals surface area contributed by atoms with E-state index >= 15 is 0 Å². The Morgan fingerprint density at radius 3 is 2.60 bits per heavy atom. The molecule has 20 heavy (non-hydrogen) atoms. The van der Waals surface area contributed by atoms with Crippen LogP contribution in [0.1, 0.15) is 45.1 Å². The van der Waals surface area contributed by atoms with Crippen molar-refractivity contribution >= 4 is 17.3 Å². The van der Waals surface area contributed by atoms with E-state index in [1.165, 1.54) is 36.9 Å². The Morgan fingerprint density at radius 2 is 1.95 bits per heavy atom. The minimum atomic E-state index is 0.631. The normalized spacial score (nSPS) is 22.8. The monoisotopic (exact) mass is 294 g/mol. The van der Waals surface area contributed by atoms with Crippen LogP contribution in [-0.2, 0) is 6.54 Å². The third kappa shape index (κ3) is 3.67. The van der Waals surface area contributed by atoms with Crippen molar-refractivity contribution in [1.82, 2.24) is 5.32 Å². The van der Waals surface area contributed by atoms with Gasteiger partial charge in [-0.2, -0.15) is 0 Å². The molecule has 2 rings (SSSR count). The molecule has 1 aromatic rings. The molecule has 0 amide bonds. The molecule has 0 bridgehead atoms. The summed E-state index contributed by atoms with van der Waals surface area (Å²) in [7, 11) is 2.21. The van der Waals surface area contributed by atoms with E-state index in [0.29, 0.717) is 6.04 Å². The Labute approximate surface area is 128 Å². The molecule has 1 aliphatic carbocycles. The lowest BCUT2D eigenvalue weighted by atomic mass is 9.86. The number of nitrogens with zero attached hydrogens (tertiary/aromatic N) is 1. The minimum Gasteiger partial charge on any atom is -0.370 e. The van der Waals surface area contributed by atoms with Crippen molar-refractivity contribution in [3.05, 3.63) is 28.8 Å². The molecule has 0 atom stereocenters. The van der Waals surface area contributed by atoms with Crippen molar-refractivity contribution in [2.75, 3.05) is 18.5 Å². The Hall–Kier alpha value is -0.730. The molecule has 2 nitrogen and oxygen atoms in total. The van der Waals surface area contributed by atoms with Gasteiger partial charge in [-0.15, -0.1) is 0 Å². The number of benzene rings is 1. The minimum absolute atomic E-state index is 0.631. The van der Waals surface area contributed by atoms with E-state index in [1.807, 2.05) is 6.07 Å². The summed E-state index contributed by atoms with van der Waals surface area (Å²) in [5.74, 6) is 0.882. The van der Waals surface area contributed by atoms with Crippen molar-refractivity contribution < 1.29 is 0 Å². The van der Waals surface area contributed by atoms with E-state index in [2.05, 4.69) is 43.2 Å². The van der Waals surface area contributed by atoms with Crippen LogP contribution in [-0.4, -0.2) is 19.6 Å². The van der Waals surface area contributed by atoms with Gasteiger partial charge < -0.3 is 10.2 Å². The number of hydrogen-bond donors (Lipinski definition) is 1. The highest BCUT2D eigenvalue weighted by Gasteiger charge is 2.24. The van der Waals surface area contributed by atoms with E-state index in [0.717, 1.165) is 24.0 Å². The third-order valence-corrected chi connectivity index (χ3v) is 4.83. The molecule has 0 aromatic heterocycles. The van der Waals surface area contributed by atoms with Gasteiger partial charge in [-0.3, -0.25) is 0 Å². The van der Waals surface area contributed by atoms with Gasteiger partial charge in [0.05, 0.1) is 10.7 Å². The smallest absolute Gasteiger partial charge is 0.0642 e. The average molecular weight is 295 g/mol. The second-order valence-corrected chi connectivity index (χ2v) is 6.46. The first-order valence-corrected chi connectivity index (χ1v) is 8.22. The topological polar surface area (TPSA) is 15.3 Å². The SMILES string of the molecule is CCNCc1cccc(Cl)c1N(C)C1CCC(C)CC1. The van der Waals surface area contributed by atoms with Crippen molar-refractivity contribution in [2.45, 2.75) is 52.1 Å². The van der Waals surface area contributed by atoms with Crippen LogP contribution in [0.15, 0.2) is 18.2 Å². The molecule has 1 aliphatic rings. The lowest BCUT2D eigenvalue weighted by Crippen LogP contribution is -2.36. The second-order valence-electron chi connectivity index (χ2n) is 6.05. The van der Waals surface area contributed by atoms with Crippen LogP contribution in [0, 0.1) is 5.92 Å². The van der Waals surface area contributed by atoms with E-state index in [-0.39, 0.29) is 0 Å². The standard InChI is InChI=1S/C17H27ClN2/c1-4-19-12-14-6-5-7-16(18)17(14)20(3)15-10-8-13(2)9-11-15/h5-7,13,15,19H,4,8-12H2,1-3H3. The molecule has 1 fully saturated rings. The van der Waals surface area contributed by atoms with E-state index in [4.69, 9.17) is 11.6 Å². The molecule has 0 spiro atoms. The number of para-hydroxylation sites is 1. The summed E-state index contributed by atoms with van der Waals surface area (Å²) in [6.45, 7) is 6.37. The highest BCUT2D eigenvalue weighted by atomic mass is 35.5. The van der Waals surface area contributed by atoms with Gasteiger partial charge in [0.1, 0.15) is 0 Å². The first kappa shape index (κ1) is 15.7. The fraction of sp³-hybridized carbons (Fsp3) is 0.647.